The van der Waals surface area contributed by atoms with Crippen molar-refractivity contribution in [2.45, 2.75) is 17.6 Å². The summed E-state index contributed by atoms with van der Waals surface area (Å²) in [5, 5.41) is 3.09. The van der Waals surface area contributed by atoms with Gasteiger partial charge >= 0.3 is 0 Å². The summed E-state index contributed by atoms with van der Waals surface area (Å²) in [6, 6.07) is 0. The number of thioether (sulfide) groups is 1. The lowest BCUT2D eigenvalue weighted by Gasteiger charge is -2.12. The van der Waals surface area contributed by atoms with E-state index in [0.717, 1.165) is 6.54 Å². The van der Waals surface area contributed by atoms with E-state index in [9.17, 15) is 0 Å². The Bertz CT molecular complexity index is 163. The molecule has 0 saturated heterocycles. The van der Waals surface area contributed by atoms with Gasteiger partial charge in [0, 0.05) is 18.3 Å². The van der Waals surface area contributed by atoms with Crippen molar-refractivity contribution in [2.75, 3.05) is 19.8 Å². The van der Waals surface area contributed by atoms with Crippen LogP contribution in [0.2, 0.25) is 0 Å². The van der Waals surface area contributed by atoms with Crippen LogP contribution in [0.3, 0.4) is 0 Å². The maximum absolute atomic E-state index is 5.49. The average molecular weight is 173 g/mol. The second-order valence-electron chi connectivity index (χ2n) is 2.85. The van der Waals surface area contributed by atoms with E-state index in [-0.39, 0.29) is 0 Å². The first-order valence-corrected chi connectivity index (χ1v) is 4.96. The zero-order valence-electron chi connectivity index (χ0n) is 7.05. The maximum atomic E-state index is 5.49. The Labute approximate surface area is 71.8 Å². The molecule has 11 heavy (non-hydrogen) atoms. The Hall–Kier alpha value is -0.380. The van der Waals surface area contributed by atoms with E-state index >= 15 is 0 Å². The second kappa shape index (κ2) is 3.34. The molecule has 0 radical (unpaired) electrons. The summed E-state index contributed by atoms with van der Waals surface area (Å²) in [7, 11) is 1.70. The van der Waals surface area contributed by atoms with Crippen molar-refractivity contribution in [3.05, 3.63) is 0 Å². The van der Waals surface area contributed by atoms with Gasteiger partial charge in [-0.3, -0.25) is 4.99 Å². The molecular weight excluding hydrogens is 158 g/mol. The zero-order chi connectivity index (χ0) is 8.32. The third-order valence-corrected chi connectivity index (χ3v) is 3.49. The molecule has 0 aromatic rings. The Morgan fingerprint density at radius 1 is 1.73 bits per heavy atom. The Morgan fingerprint density at radius 2 is 2.36 bits per heavy atom. The van der Waals surface area contributed by atoms with Crippen molar-refractivity contribution in [1.29, 1.82) is 0 Å². The average Bonchev–Trinajstić information content (AvgIpc) is 2.81. The molecule has 64 valence electrons. The molecule has 3 N–H and O–H groups in total. The first kappa shape index (κ1) is 8.71. The molecule has 1 fully saturated rings. The number of hydrogen-bond acceptors (Lipinski definition) is 2. The normalized spacial score (nSPS) is 21.5. The van der Waals surface area contributed by atoms with Crippen LogP contribution in [0, 0.1) is 0 Å². The number of nitrogens with zero attached hydrogens (tertiary/aromatic N) is 1. The molecule has 1 rings (SSSR count). The molecule has 0 spiro atoms. The van der Waals surface area contributed by atoms with Gasteiger partial charge in [-0.2, -0.15) is 11.8 Å². The van der Waals surface area contributed by atoms with Gasteiger partial charge in [0.15, 0.2) is 5.96 Å². The molecule has 1 saturated carbocycles. The van der Waals surface area contributed by atoms with Crippen molar-refractivity contribution < 1.29 is 0 Å². The largest absolute Gasteiger partial charge is 0.370 e. The summed E-state index contributed by atoms with van der Waals surface area (Å²) >= 11 is 1.92. The predicted octanol–water partition coefficient (Wildman–Crippen LogP) is 0.416. The van der Waals surface area contributed by atoms with Gasteiger partial charge in [0.1, 0.15) is 0 Å². The molecule has 0 amide bonds. The van der Waals surface area contributed by atoms with Crippen LogP contribution in [0.4, 0.5) is 0 Å². The summed E-state index contributed by atoms with van der Waals surface area (Å²) in [5.41, 5.74) is 5.49. The first-order valence-electron chi connectivity index (χ1n) is 3.74. The SMILES string of the molecule is CN=C(N)NCC1(SC)CC1. The summed E-state index contributed by atoms with van der Waals surface area (Å²) < 4.78 is 0.468. The number of aliphatic imine (C=N–C) groups is 1. The van der Waals surface area contributed by atoms with Gasteiger partial charge in [-0.1, -0.05) is 0 Å². The minimum Gasteiger partial charge on any atom is -0.370 e. The van der Waals surface area contributed by atoms with E-state index in [2.05, 4.69) is 16.6 Å². The number of nitrogens with one attached hydrogen (secondary N) is 1. The molecule has 0 bridgehead atoms. The molecule has 1 aliphatic carbocycles. The lowest BCUT2D eigenvalue weighted by atomic mass is 10.4. The van der Waals surface area contributed by atoms with Gasteiger partial charge < -0.3 is 11.1 Å². The third-order valence-electron chi connectivity index (χ3n) is 2.07. The van der Waals surface area contributed by atoms with Gasteiger partial charge in [0.2, 0.25) is 0 Å². The Morgan fingerprint density at radius 3 is 2.73 bits per heavy atom. The highest BCUT2D eigenvalue weighted by Crippen LogP contribution is 2.46. The van der Waals surface area contributed by atoms with Crippen LogP contribution in [0.5, 0.6) is 0 Å². The van der Waals surface area contributed by atoms with Crippen LogP contribution in [0.15, 0.2) is 4.99 Å². The van der Waals surface area contributed by atoms with E-state index < -0.39 is 0 Å². The molecule has 0 aliphatic heterocycles. The topological polar surface area (TPSA) is 50.4 Å². The number of hydrogen-bond donors (Lipinski definition) is 2. The summed E-state index contributed by atoms with van der Waals surface area (Å²) in [6.07, 6.45) is 4.75. The molecule has 1 aliphatic rings. The van der Waals surface area contributed by atoms with Gasteiger partial charge in [-0.25, -0.2) is 0 Å². The summed E-state index contributed by atoms with van der Waals surface area (Å²) in [5.74, 6) is 0.547. The minimum absolute atomic E-state index is 0.468. The number of nitrogens with two attached hydrogens (primary N) is 1. The van der Waals surface area contributed by atoms with Crippen LogP contribution in [-0.2, 0) is 0 Å². The van der Waals surface area contributed by atoms with Gasteiger partial charge in [0.25, 0.3) is 0 Å². The highest BCUT2D eigenvalue weighted by atomic mass is 32.2. The number of rotatable bonds is 3. The van der Waals surface area contributed by atoms with Crippen molar-refractivity contribution in [3.63, 3.8) is 0 Å². The van der Waals surface area contributed by atoms with Gasteiger partial charge in [-0.05, 0) is 19.1 Å². The summed E-state index contributed by atoms with van der Waals surface area (Å²) in [4.78, 5) is 3.83. The van der Waals surface area contributed by atoms with E-state index in [4.69, 9.17) is 5.73 Å². The lowest BCUT2D eigenvalue weighted by Crippen LogP contribution is -2.37. The molecule has 4 heteroatoms. The van der Waals surface area contributed by atoms with Crippen molar-refractivity contribution in [2.24, 2.45) is 10.7 Å². The van der Waals surface area contributed by atoms with Crippen LogP contribution < -0.4 is 11.1 Å². The molecule has 0 aromatic heterocycles. The monoisotopic (exact) mass is 173 g/mol. The van der Waals surface area contributed by atoms with Crippen LogP contribution in [-0.4, -0.2) is 30.6 Å². The third kappa shape index (κ3) is 2.29. The van der Waals surface area contributed by atoms with Gasteiger partial charge in [-0.15, -0.1) is 0 Å². The smallest absolute Gasteiger partial charge is 0.188 e. The van der Waals surface area contributed by atoms with Crippen molar-refractivity contribution in [1.82, 2.24) is 5.32 Å². The summed E-state index contributed by atoms with van der Waals surface area (Å²) in [6.45, 7) is 0.956. The quantitative estimate of drug-likeness (QED) is 0.480. The molecule has 0 aromatic carbocycles. The second-order valence-corrected chi connectivity index (χ2v) is 4.12. The van der Waals surface area contributed by atoms with Crippen LogP contribution in [0.25, 0.3) is 0 Å². The molecular formula is C7H15N3S. The lowest BCUT2D eigenvalue weighted by molar-refractivity contribution is 0.810. The predicted molar refractivity (Wildman–Crippen MR) is 51.0 cm³/mol. The van der Waals surface area contributed by atoms with E-state index in [0.29, 0.717) is 10.7 Å². The fourth-order valence-electron chi connectivity index (χ4n) is 0.923. The van der Waals surface area contributed by atoms with Crippen molar-refractivity contribution in [3.8, 4) is 0 Å². The van der Waals surface area contributed by atoms with Crippen molar-refractivity contribution >= 4 is 17.7 Å². The highest BCUT2D eigenvalue weighted by Gasteiger charge is 2.41. The number of guanidine groups is 1. The minimum atomic E-state index is 0.468. The maximum Gasteiger partial charge on any atom is 0.188 e. The van der Waals surface area contributed by atoms with Gasteiger partial charge in [0.05, 0.1) is 0 Å². The molecule has 0 unspecified atom stereocenters. The van der Waals surface area contributed by atoms with Crippen LogP contribution in [0.1, 0.15) is 12.8 Å². The fourth-order valence-corrected chi connectivity index (χ4v) is 1.65. The van der Waals surface area contributed by atoms with Crippen LogP contribution >= 0.6 is 11.8 Å². The zero-order valence-corrected chi connectivity index (χ0v) is 7.87. The molecule has 0 atom stereocenters. The van der Waals surface area contributed by atoms with E-state index in [1.807, 2.05) is 11.8 Å². The van der Waals surface area contributed by atoms with E-state index in [1.54, 1.807) is 7.05 Å². The Balaban J connectivity index is 2.22. The highest BCUT2D eigenvalue weighted by molar-refractivity contribution is 8.00. The first-order chi connectivity index (χ1) is 5.22. The molecule has 3 nitrogen and oxygen atoms in total. The molecule has 0 heterocycles. The fraction of sp³-hybridized carbons (Fsp3) is 0.857. The Kier molecular flexibility index (Phi) is 2.65. The van der Waals surface area contributed by atoms with E-state index in [1.165, 1.54) is 12.8 Å². The standard InChI is InChI=1S/C7H15N3S/c1-9-6(8)10-5-7(11-2)3-4-7/h3-5H2,1-2H3,(H3,8,9,10).